The lowest BCUT2D eigenvalue weighted by Gasteiger charge is -2.34. The van der Waals surface area contributed by atoms with E-state index in [2.05, 4.69) is 40.2 Å². The molecule has 1 fully saturated rings. The van der Waals surface area contributed by atoms with Crippen LogP contribution in [0.1, 0.15) is 15.9 Å². The summed E-state index contributed by atoms with van der Waals surface area (Å²) in [6.45, 7) is 4.41. The highest BCUT2D eigenvalue weighted by Crippen LogP contribution is 2.30. The number of hydrogen-bond donors (Lipinski definition) is 1. The molecule has 31 heavy (non-hydrogen) atoms. The van der Waals surface area contributed by atoms with Crippen LogP contribution in [-0.4, -0.2) is 53.4 Å². The van der Waals surface area contributed by atoms with Gasteiger partial charge in [0.05, 0.1) is 6.26 Å². The maximum absolute atomic E-state index is 13.1. The van der Waals surface area contributed by atoms with Crippen molar-refractivity contribution in [3.8, 4) is 11.3 Å². The van der Waals surface area contributed by atoms with Crippen LogP contribution in [0.15, 0.2) is 77.5 Å². The van der Waals surface area contributed by atoms with Gasteiger partial charge in [-0.15, -0.1) is 12.4 Å². The molecule has 0 saturated carbocycles. The number of hydrogen-bond acceptors (Lipinski definition) is 3. The molecule has 2 aromatic heterocycles. The summed E-state index contributed by atoms with van der Waals surface area (Å²) in [5.41, 5.74) is 4.08. The predicted octanol–water partition coefficient (Wildman–Crippen LogP) is 4.85. The number of piperazine rings is 1. The summed E-state index contributed by atoms with van der Waals surface area (Å²) in [5, 5.41) is 1.01. The van der Waals surface area contributed by atoms with E-state index in [-0.39, 0.29) is 18.3 Å². The van der Waals surface area contributed by atoms with Gasteiger partial charge in [0.1, 0.15) is 5.76 Å². The predicted molar refractivity (Wildman–Crippen MR) is 126 cm³/mol. The van der Waals surface area contributed by atoms with Crippen molar-refractivity contribution in [3.63, 3.8) is 0 Å². The number of nitrogens with zero attached hydrogens (tertiary/aromatic N) is 2. The Balaban J connectivity index is 0.00000231. The summed E-state index contributed by atoms with van der Waals surface area (Å²) in [6.07, 6.45) is 4.65. The molecule has 0 atom stereocenters. The smallest absolute Gasteiger partial charge is 0.253 e. The third kappa shape index (κ3) is 4.53. The molecule has 0 radical (unpaired) electrons. The van der Waals surface area contributed by atoms with Crippen LogP contribution in [0.5, 0.6) is 0 Å². The second kappa shape index (κ2) is 9.41. The molecule has 1 amide bonds. The summed E-state index contributed by atoms with van der Waals surface area (Å²) in [6, 6.07) is 20.3. The van der Waals surface area contributed by atoms with Crippen LogP contribution < -0.4 is 0 Å². The molecule has 1 aliphatic heterocycles. The highest BCUT2D eigenvalue weighted by atomic mass is 35.5. The van der Waals surface area contributed by atoms with Gasteiger partial charge in [-0.25, -0.2) is 0 Å². The van der Waals surface area contributed by atoms with Crippen molar-refractivity contribution in [2.75, 3.05) is 32.7 Å². The molecule has 2 aromatic carbocycles. The standard InChI is InChI=1S/C25H25N3O2.ClH/c29-25(28-14-12-27(13-15-28)11-10-19-5-2-1-3-6-19)20-8-9-23-21(17-20)22(18-26-23)24-7-4-16-30-24;/h1-9,16-18,26H,10-15H2;1H. The third-order valence-electron chi connectivity index (χ3n) is 5.93. The molecule has 0 spiro atoms. The molecule has 5 rings (SSSR count). The zero-order chi connectivity index (χ0) is 20.3. The van der Waals surface area contributed by atoms with Gasteiger partial charge in [-0.05, 0) is 42.3 Å². The average molecular weight is 436 g/mol. The highest BCUT2D eigenvalue weighted by Gasteiger charge is 2.22. The van der Waals surface area contributed by atoms with Crippen molar-refractivity contribution in [2.45, 2.75) is 6.42 Å². The fourth-order valence-electron chi connectivity index (χ4n) is 4.18. The number of amides is 1. The zero-order valence-corrected chi connectivity index (χ0v) is 18.1. The molecule has 0 bridgehead atoms. The minimum absolute atomic E-state index is 0. The Morgan fingerprint density at radius 1 is 0.968 bits per heavy atom. The van der Waals surface area contributed by atoms with E-state index in [1.165, 1.54) is 5.56 Å². The first-order chi connectivity index (χ1) is 14.8. The van der Waals surface area contributed by atoms with E-state index in [4.69, 9.17) is 4.42 Å². The molecule has 1 saturated heterocycles. The summed E-state index contributed by atoms with van der Waals surface area (Å²) in [4.78, 5) is 20.8. The van der Waals surface area contributed by atoms with Crippen LogP contribution in [0.4, 0.5) is 0 Å². The van der Waals surface area contributed by atoms with E-state index in [1.807, 2.05) is 41.4 Å². The second-order valence-corrected chi connectivity index (χ2v) is 7.81. The fourth-order valence-corrected chi connectivity index (χ4v) is 4.18. The summed E-state index contributed by atoms with van der Waals surface area (Å²) < 4.78 is 5.55. The zero-order valence-electron chi connectivity index (χ0n) is 17.3. The molecule has 3 heterocycles. The number of H-pyrrole nitrogens is 1. The second-order valence-electron chi connectivity index (χ2n) is 7.81. The number of carbonyl (C=O) groups is 1. The Morgan fingerprint density at radius 3 is 2.52 bits per heavy atom. The van der Waals surface area contributed by atoms with Crippen LogP contribution in [0.3, 0.4) is 0 Å². The topological polar surface area (TPSA) is 52.5 Å². The van der Waals surface area contributed by atoms with Crippen molar-refractivity contribution >= 4 is 29.2 Å². The van der Waals surface area contributed by atoms with Gasteiger partial charge in [-0.3, -0.25) is 9.69 Å². The molecule has 160 valence electrons. The summed E-state index contributed by atoms with van der Waals surface area (Å²) in [5.74, 6) is 0.907. The molecular weight excluding hydrogens is 410 g/mol. The first-order valence-corrected chi connectivity index (χ1v) is 10.5. The van der Waals surface area contributed by atoms with Crippen molar-refractivity contribution < 1.29 is 9.21 Å². The first kappa shape index (κ1) is 21.2. The van der Waals surface area contributed by atoms with Crippen molar-refractivity contribution in [3.05, 3.63) is 84.3 Å². The van der Waals surface area contributed by atoms with Crippen LogP contribution in [0, 0.1) is 0 Å². The van der Waals surface area contributed by atoms with E-state index >= 15 is 0 Å². The quantitative estimate of drug-likeness (QED) is 0.487. The van der Waals surface area contributed by atoms with Gasteiger partial charge in [-0.1, -0.05) is 30.3 Å². The number of aromatic nitrogens is 1. The normalized spacial score (nSPS) is 14.5. The van der Waals surface area contributed by atoms with Gasteiger partial charge in [0, 0.05) is 61.0 Å². The van der Waals surface area contributed by atoms with Gasteiger partial charge in [0.15, 0.2) is 0 Å². The molecule has 4 aromatic rings. The van der Waals surface area contributed by atoms with E-state index in [9.17, 15) is 4.79 Å². The fraction of sp³-hybridized carbons (Fsp3) is 0.240. The maximum Gasteiger partial charge on any atom is 0.253 e. The molecule has 0 unspecified atom stereocenters. The lowest BCUT2D eigenvalue weighted by molar-refractivity contribution is 0.0638. The molecule has 1 aliphatic rings. The van der Waals surface area contributed by atoms with Gasteiger partial charge < -0.3 is 14.3 Å². The van der Waals surface area contributed by atoms with Gasteiger partial charge in [0.25, 0.3) is 5.91 Å². The van der Waals surface area contributed by atoms with Gasteiger partial charge in [0.2, 0.25) is 0 Å². The number of furan rings is 1. The van der Waals surface area contributed by atoms with Crippen LogP contribution in [0.25, 0.3) is 22.2 Å². The van der Waals surface area contributed by atoms with Gasteiger partial charge >= 0.3 is 0 Å². The van der Waals surface area contributed by atoms with Crippen LogP contribution in [-0.2, 0) is 6.42 Å². The number of carbonyl (C=O) groups excluding carboxylic acids is 1. The van der Waals surface area contributed by atoms with Crippen LogP contribution >= 0.6 is 12.4 Å². The lowest BCUT2D eigenvalue weighted by atomic mass is 10.1. The third-order valence-corrected chi connectivity index (χ3v) is 5.93. The molecule has 6 heteroatoms. The van der Waals surface area contributed by atoms with E-state index in [1.54, 1.807) is 6.26 Å². The maximum atomic E-state index is 13.1. The van der Waals surface area contributed by atoms with Crippen molar-refractivity contribution in [1.29, 1.82) is 0 Å². The number of nitrogens with one attached hydrogen (secondary N) is 1. The number of benzene rings is 2. The number of rotatable bonds is 5. The molecule has 1 N–H and O–H groups in total. The SMILES string of the molecule is Cl.O=C(c1ccc2[nH]cc(-c3ccco3)c2c1)N1CCN(CCc2ccccc2)CC1. The highest BCUT2D eigenvalue weighted by molar-refractivity contribution is 6.02. The monoisotopic (exact) mass is 435 g/mol. The Morgan fingerprint density at radius 2 is 1.77 bits per heavy atom. The Kier molecular flexibility index (Phi) is 6.44. The number of fused-ring (bicyclic) bond motifs is 1. The van der Waals surface area contributed by atoms with E-state index in [0.717, 1.165) is 66.9 Å². The van der Waals surface area contributed by atoms with E-state index in [0.29, 0.717) is 0 Å². The molecular formula is C25H26ClN3O2. The van der Waals surface area contributed by atoms with E-state index < -0.39 is 0 Å². The summed E-state index contributed by atoms with van der Waals surface area (Å²) in [7, 11) is 0. The van der Waals surface area contributed by atoms with Crippen molar-refractivity contribution in [2.24, 2.45) is 0 Å². The van der Waals surface area contributed by atoms with Gasteiger partial charge in [-0.2, -0.15) is 0 Å². The minimum atomic E-state index is 0. The summed E-state index contributed by atoms with van der Waals surface area (Å²) >= 11 is 0. The number of halogens is 1. The Bertz CT molecular complexity index is 1130. The Hall–Kier alpha value is -3.02. The lowest BCUT2D eigenvalue weighted by Crippen LogP contribution is -2.49. The van der Waals surface area contributed by atoms with Crippen molar-refractivity contribution in [1.82, 2.24) is 14.8 Å². The minimum Gasteiger partial charge on any atom is -0.464 e. The number of aromatic amines is 1. The molecule has 0 aliphatic carbocycles. The molecule has 5 nitrogen and oxygen atoms in total. The van der Waals surface area contributed by atoms with Crippen LogP contribution in [0.2, 0.25) is 0 Å². The largest absolute Gasteiger partial charge is 0.464 e. The first-order valence-electron chi connectivity index (χ1n) is 10.5. The Labute approximate surface area is 188 Å². The average Bonchev–Trinajstić information content (AvgIpc) is 3.47.